The summed E-state index contributed by atoms with van der Waals surface area (Å²) in [6, 6.07) is 1.89. The van der Waals surface area contributed by atoms with Crippen LogP contribution in [0.1, 0.15) is 57.8 Å². The van der Waals surface area contributed by atoms with Crippen LogP contribution in [0.2, 0.25) is 0 Å². The van der Waals surface area contributed by atoms with Crippen molar-refractivity contribution in [3.8, 4) is 6.07 Å². The zero-order valence-electron chi connectivity index (χ0n) is 12.5. The third-order valence-corrected chi connectivity index (χ3v) is 4.87. The number of nitrogens with zero attached hydrogens (tertiary/aromatic N) is 2. The summed E-state index contributed by atoms with van der Waals surface area (Å²) in [6.45, 7) is 0. The van der Waals surface area contributed by atoms with Crippen molar-refractivity contribution in [2.45, 2.75) is 63.8 Å². The number of nitro groups is 1. The molecule has 0 radical (unpaired) electrons. The molecule has 2 rings (SSSR count). The molecular weight excluding hydrogens is 264 g/mol. The van der Waals surface area contributed by atoms with E-state index in [9.17, 15) is 15.4 Å². The molecule has 0 saturated heterocycles. The molecule has 2 aliphatic carbocycles. The Morgan fingerprint density at radius 3 is 2.33 bits per heavy atom. The minimum Gasteiger partial charge on any atom is -0.264 e. The maximum atomic E-state index is 10.8. The molecular formula is C17H24N2O2. The molecule has 4 heteroatoms. The molecule has 0 spiro atoms. The molecule has 21 heavy (non-hydrogen) atoms. The molecule has 2 fully saturated rings. The molecule has 0 aromatic rings. The first-order valence-electron chi connectivity index (χ1n) is 8.12. The smallest absolute Gasteiger partial charge is 0.213 e. The van der Waals surface area contributed by atoms with Crippen LogP contribution < -0.4 is 0 Å². The van der Waals surface area contributed by atoms with Gasteiger partial charge in [0.25, 0.3) is 0 Å². The van der Waals surface area contributed by atoms with E-state index in [-0.39, 0.29) is 10.8 Å². The molecule has 0 N–H and O–H groups in total. The van der Waals surface area contributed by atoms with Gasteiger partial charge in [-0.05, 0) is 43.6 Å². The van der Waals surface area contributed by atoms with Crippen LogP contribution in [0, 0.1) is 33.3 Å². The fourth-order valence-corrected chi connectivity index (χ4v) is 3.51. The first-order chi connectivity index (χ1) is 10.2. The van der Waals surface area contributed by atoms with E-state index in [4.69, 9.17) is 0 Å². The molecule has 4 nitrogen and oxygen atoms in total. The molecule has 0 heterocycles. The zero-order valence-corrected chi connectivity index (χ0v) is 12.5. The minimum atomic E-state index is -0.404. The molecule has 0 aromatic heterocycles. The van der Waals surface area contributed by atoms with Crippen LogP contribution in [0.25, 0.3) is 0 Å². The standard InChI is InChI=1S/C17H24N2O2/c18-13-16(8-4-7-14-5-2-1-3-6-14)15-9-11-17(12-10-15)19(20)21/h4,7-8,14-15,17H,1-3,5-6,9-12H2/b7-4+,16-8?. The predicted octanol–water partition coefficient (Wildman–Crippen LogP) is 4.41. The quantitative estimate of drug-likeness (QED) is 0.333. The number of nitriles is 1. The Kier molecular flexibility index (Phi) is 5.98. The SMILES string of the molecule is N#CC(=C/C=C/C1CCCCC1)C1CCC([N+](=O)[O-])CC1. The van der Waals surface area contributed by atoms with Gasteiger partial charge in [-0.3, -0.25) is 10.1 Å². The Morgan fingerprint density at radius 2 is 1.76 bits per heavy atom. The van der Waals surface area contributed by atoms with Crippen molar-refractivity contribution in [2.24, 2.45) is 11.8 Å². The van der Waals surface area contributed by atoms with Crippen LogP contribution in [0.4, 0.5) is 0 Å². The fourth-order valence-electron chi connectivity index (χ4n) is 3.51. The highest BCUT2D eigenvalue weighted by molar-refractivity contribution is 5.28. The van der Waals surface area contributed by atoms with E-state index in [1.165, 1.54) is 32.1 Å². The van der Waals surface area contributed by atoms with Crippen molar-refractivity contribution in [3.63, 3.8) is 0 Å². The lowest BCUT2D eigenvalue weighted by atomic mass is 9.81. The van der Waals surface area contributed by atoms with Gasteiger partial charge >= 0.3 is 0 Å². The van der Waals surface area contributed by atoms with E-state index in [0.29, 0.717) is 18.8 Å². The molecule has 0 bridgehead atoms. The van der Waals surface area contributed by atoms with Gasteiger partial charge in [-0.15, -0.1) is 0 Å². The second-order valence-corrected chi connectivity index (χ2v) is 6.31. The summed E-state index contributed by atoms with van der Waals surface area (Å²) in [6.07, 6.45) is 15.4. The Bertz CT molecular complexity index is 448. The molecule has 114 valence electrons. The van der Waals surface area contributed by atoms with Gasteiger partial charge in [0.05, 0.1) is 6.07 Å². The Morgan fingerprint density at radius 1 is 1.10 bits per heavy atom. The zero-order chi connectivity index (χ0) is 15.1. The van der Waals surface area contributed by atoms with Gasteiger partial charge in [-0.2, -0.15) is 5.26 Å². The van der Waals surface area contributed by atoms with Crippen molar-refractivity contribution in [1.82, 2.24) is 0 Å². The maximum Gasteiger partial charge on any atom is 0.213 e. The second-order valence-electron chi connectivity index (χ2n) is 6.31. The van der Waals surface area contributed by atoms with Crippen LogP contribution in [-0.4, -0.2) is 11.0 Å². The molecule has 2 aliphatic rings. The highest BCUT2D eigenvalue weighted by Gasteiger charge is 2.29. The molecule has 0 aliphatic heterocycles. The van der Waals surface area contributed by atoms with Crippen molar-refractivity contribution < 1.29 is 4.92 Å². The summed E-state index contributed by atoms with van der Waals surface area (Å²) in [5.74, 6) is 0.877. The Hall–Kier alpha value is -1.63. The van der Waals surface area contributed by atoms with Crippen molar-refractivity contribution in [2.75, 3.05) is 0 Å². The lowest BCUT2D eigenvalue weighted by molar-refractivity contribution is -0.526. The Balaban J connectivity index is 1.87. The van der Waals surface area contributed by atoms with Crippen molar-refractivity contribution in [3.05, 3.63) is 33.9 Å². The van der Waals surface area contributed by atoms with Crippen LogP contribution in [0.5, 0.6) is 0 Å². The first kappa shape index (κ1) is 15.8. The summed E-state index contributed by atoms with van der Waals surface area (Å²) in [4.78, 5) is 10.6. The molecule has 2 saturated carbocycles. The van der Waals surface area contributed by atoms with Gasteiger partial charge in [0.2, 0.25) is 6.04 Å². The van der Waals surface area contributed by atoms with Crippen molar-refractivity contribution in [1.29, 1.82) is 5.26 Å². The monoisotopic (exact) mass is 288 g/mol. The molecule has 0 aromatic carbocycles. The number of hydrogen-bond acceptors (Lipinski definition) is 3. The van der Waals surface area contributed by atoms with Crippen LogP contribution >= 0.6 is 0 Å². The highest BCUT2D eigenvalue weighted by Crippen LogP contribution is 2.31. The van der Waals surface area contributed by atoms with Gasteiger partial charge in [0.1, 0.15) is 0 Å². The van der Waals surface area contributed by atoms with E-state index >= 15 is 0 Å². The molecule has 0 unspecified atom stereocenters. The third-order valence-electron chi connectivity index (χ3n) is 4.87. The third kappa shape index (κ3) is 4.70. The lowest BCUT2D eigenvalue weighted by Gasteiger charge is -2.23. The molecule has 0 atom stereocenters. The van der Waals surface area contributed by atoms with E-state index in [0.717, 1.165) is 18.4 Å². The van der Waals surface area contributed by atoms with Crippen LogP contribution in [-0.2, 0) is 0 Å². The first-order valence-corrected chi connectivity index (χ1v) is 8.12. The van der Waals surface area contributed by atoms with Gasteiger partial charge in [-0.25, -0.2) is 0 Å². The number of hydrogen-bond donors (Lipinski definition) is 0. The summed E-state index contributed by atoms with van der Waals surface area (Å²) < 4.78 is 0. The van der Waals surface area contributed by atoms with E-state index in [2.05, 4.69) is 12.1 Å². The number of allylic oxidation sites excluding steroid dienone is 4. The summed E-state index contributed by atoms with van der Waals surface area (Å²) in [5, 5.41) is 20.1. The summed E-state index contributed by atoms with van der Waals surface area (Å²) in [5.41, 5.74) is 0.795. The largest absolute Gasteiger partial charge is 0.264 e. The average molecular weight is 288 g/mol. The van der Waals surface area contributed by atoms with E-state index in [1.54, 1.807) is 0 Å². The predicted molar refractivity (Wildman–Crippen MR) is 82.2 cm³/mol. The number of rotatable bonds is 4. The summed E-state index contributed by atoms with van der Waals surface area (Å²) in [7, 11) is 0. The summed E-state index contributed by atoms with van der Waals surface area (Å²) >= 11 is 0. The van der Waals surface area contributed by atoms with Gasteiger partial charge in [-0.1, -0.05) is 31.4 Å². The fraction of sp³-hybridized carbons (Fsp3) is 0.706. The van der Waals surface area contributed by atoms with Gasteiger partial charge < -0.3 is 0 Å². The maximum absolute atomic E-state index is 10.8. The lowest BCUT2D eigenvalue weighted by Crippen LogP contribution is -2.26. The van der Waals surface area contributed by atoms with E-state index < -0.39 is 6.04 Å². The average Bonchev–Trinajstić information content (AvgIpc) is 2.53. The van der Waals surface area contributed by atoms with Crippen molar-refractivity contribution >= 4 is 0 Å². The topological polar surface area (TPSA) is 66.9 Å². The van der Waals surface area contributed by atoms with Crippen LogP contribution in [0.3, 0.4) is 0 Å². The normalized spacial score (nSPS) is 28.4. The highest BCUT2D eigenvalue weighted by atomic mass is 16.6. The molecule has 0 amide bonds. The van der Waals surface area contributed by atoms with Gasteiger partial charge in [0.15, 0.2) is 0 Å². The van der Waals surface area contributed by atoms with Gasteiger partial charge in [0, 0.05) is 23.3 Å². The van der Waals surface area contributed by atoms with E-state index in [1.807, 2.05) is 12.2 Å². The van der Waals surface area contributed by atoms with Crippen LogP contribution in [0.15, 0.2) is 23.8 Å². The second kappa shape index (κ2) is 7.97. The Labute approximate surface area is 126 Å². The minimum absolute atomic E-state index is 0.172.